The summed E-state index contributed by atoms with van der Waals surface area (Å²) in [5.41, 5.74) is 0. The van der Waals surface area contributed by atoms with Crippen molar-refractivity contribution in [1.82, 2.24) is 5.32 Å². The number of hydrogen-bond acceptors (Lipinski definition) is 5. The Bertz CT molecular complexity index is 1100. The lowest BCUT2D eigenvalue weighted by Crippen LogP contribution is -2.61. The van der Waals surface area contributed by atoms with Gasteiger partial charge in [-0.2, -0.15) is 79.0 Å². The highest BCUT2D eigenvalue weighted by Gasteiger charge is 2.82. The molecule has 25 heteroatoms. The van der Waals surface area contributed by atoms with Crippen molar-refractivity contribution in [3.63, 3.8) is 0 Å². The summed E-state index contributed by atoms with van der Waals surface area (Å²) in [7, 11) is 4.19. The zero-order valence-electron chi connectivity index (χ0n) is 23.8. The number of quaternary nitrogens is 1. The quantitative estimate of drug-likeness (QED) is 0.117. The maximum Gasteiger partial charge on any atom is 0.460 e. The van der Waals surface area contributed by atoms with Gasteiger partial charge in [-0.1, -0.05) is 0 Å². The van der Waals surface area contributed by atoms with Crippen LogP contribution in [0.3, 0.4) is 0 Å². The normalized spacial score (nSPS) is 15.3. The van der Waals surface area contributed by atoms with Crippen LogP contribution < -0.4 is 5.32 Å². The first-order chi connectivity index (χ1) is 20.5. The molecule has 278 valence electrons. The average Bonchev–Trinajstić information content (AvgIpc) is 2.83. The number of nitrogens with one attached hydrogen (secondary N) is 1. The van der Waals surface area contributed by atoms with Crippen molar-refractivity contribution >= 4 is 17.8 Å². The van der Waals surface area contributed by atoms with E-state index in [1.807, 2.05) is 5.32 Å². The summed E-state index contributed by atoms with van der Waals surface area (Å²) in [6.07, 6.45) is -21.8. The lowest BCUT2D eigenvalue weighted by Gasteiger charge is -2.33. The summed E-state index contributed by atoms with van der Waals surface area (Å²) < 4.78 is 241. The topological polar surface area (TPSA) is 81.7 Å². The molecule has 0 aliphatic rings. The fourth-order valence-electron chi connectivity index (χ4n) is 3.06. The van der Waals surface area contributed by atoms with E-state index >= 15 is 0 Å². The number of hydrogen-bond donors (Lipinski definition) is 1. The Morgan fingerprint density at radius 1 is 0.596 bits per heavy atom. The van der Waals surface area contributed by atoms with Gasteiger partial charge in [0.1, 0.15) is 6.04 Å². The molecule has 1 atom stereocenters. The molecule has 1 amide bonds. The highest BCUT2D eigenvalue weighted by Crippen LogP contribution is 2.55. The highest BCUT2D eigenvalue weighted by molar-refractivity contribution is 5.85. The van der Waals surface area contributed by atoms with Gasteiger partial charge in [0.25, 0.3) is 5.91 Å². The van der Waals surface area contributed by atoms with Crippen LogP contribution in [0.1, 0.15) is 25.7 Å². The van der Waals surface area contributed by atoms with E-state index in [-0.39, 0.29) is 4.48 Å². The lowest BCUT2D eigenvalue weighted by molar-refractivity contribution is -0.862. The van der Waals surface area contributed by atoms with Crippen LogP contribution in [-0.2, 0) is 23.9 Å². The van der Waals surface area contributed by atoms with Gasteiger partial charge in [-0.15, -0.1) is 0 Å². The number of rotatable bonds is 17. The lowest BCUT2D eigenvalue weighted by atomic mass is 10.0. The van der Waals surface area contributed by atoms with Gasteiger partial charge in [0.05, 0.1) is 47.2 Å². The molecule has 0 saturated carbocycles. The van der Waals surface area contributed by atoms with Gasteiger partial charge in [-0.05, 0) is 6.42 Å². The molecule has 0 bridgehead atoms. The molecular formula is C22H25F18N2O5+. The number of carbonyl (C=O) groups is 3. The first kappa shape index (κ1) is 44.1. The maximum absolute atomic E-state index is 13.7. The first-order valence-electron chi connectivity index (χ1n) is 12.3. The van der Waals surface area contributed by atoms with E-state index in [2.05, 4.69) is 9.47 Å². The Labute approximate surface area is 252 Å². The minimum atomic E-state index is -7.26. The van der Waals surface area contributed by atoms with Crippen molar-refractivity contribution in [2.75, 3.05) is 40.9 Å². The summed E-state index contributed by atoms with van der Waals surface area (Å²) >= 11 is 0. The van der Waals surface area contributed by atoms with Gasteiger partial charge >= 0.3 is 59.8 Å². The number of esters is 2. The van der Waals surface area contributed by atoms with Crippen LogP contribution in [0.25, 0.3) is 0 Å². The van der Waals surface area contributed by atoms with Gasteiger partial charge in [-0.25, -0.2) is 4.79 Å². The number of alkyl halides is 18. The van der Waals surface area contributed by atoms with Gasteiger partial charge < -0.3 is 19.3 Å². The van der Waals surface area contributed by atoms with Gasteiger partial charge in [0, 0.05) is 6.42 Å². The van der Waals surface area contributed by atoms with Crippen molar-refractivity contribution in [3.05, 3.63) is 0 Å². The molecule has 0 aromatic rings. The maximum atomic E-state index is 13.7. The fourth-order valence-corrected chi connectivity index (χ4v) is 3.06. The molecule has 0 fully saturated rings. The second kappa shape index (κ2) is 14.3. The number of halogens is 18. The van der Waals surface area contributed by atoms with E-state index in [1.54, 1.807) is 0 Å². The Balaban J connectivity index is 5.57. The summed E-state index contributed by atoms with van der Waals surface area (Å²) in [4.78, 5) is 36.3. The zero-order valence-corrected chi connectivity index (χ0v) is 23.8. The third kappa shape index (κ3) is 10.5. The average molecular weight is 739 g/mol. The number of ether oxygens (including phenoxy) is 2. The zero-order chi connectivity index (χ0) is 37.9. The predicted molar refractivity (Wildman–Crippen MR) is 117 cm³/mol. The van der Waals surface area contributed by atoms with Crippen LogP contribution in [0.4, 0.5) is 79.0 Å². The summed E-state index contributed by atoms with van der Waals surface area (Å²) in [5.74, 6) is -45.6. The number of likely N-dealkylation sites (N-methyl/N-ethyl adjacent to an activating group) is 1. The molecule has 47 heavy (non-hydrogen) atoms. The SMILES string of the molecule is C[N+](C)(C)CC(=O)NC(CCC(=O)OCCC(F)(F)C(F)(F)C(F)(F)C(F)(F)F)C(=O)OCCC(F)(F)C(F)(F)C(F)(F)C(F)(F)F. The molecule has 0 spiro atoms. The molecule has 0 aromatic carbocycles. The number of nitrogens with zero attached hydrogens (tertiary/aromatic N) is 1. The molecule has 1 unspecified atom stereocenters. The van der Waals surface area contributed by atoms with Gasteiger partial charge in [-0.3, -0.25) is 9.59 Å². The van der Waals surface area contributed by atoms with Gasteiger partial charge in [0.2, 0.25) is 0 Å². The molecular weight excluding hydrogens is 714 g/mol. The van der Waals surface area contributed by atoms with Crippen molar-refractivity contribution in [2.45, 2.75) is 79.6 Å². The highest BCUT2D eigenvalue weighted by atomic mass is 19.4. The second-order valence-corrected chi connectivity index (χ2v) is 10.7. The molecule has 0 aliphatic carbocycles. The molecule has 0 rings (SSSR count). The van der Waals surface area contributed by atoms with E-state index in [1.165, 1.54) is 21.1 Å². The second-order valence-electron chi connectivity index (χ2n) is 10.7. The Kier molecular flexibility index (Phi) is 13.4. The van der Waals surface area contributed by atoms with Crippen LogP contribution in [-0.4, -0.2) is 117 Å². The van der Waals surface area contributed by atoms with Crippen LogP contribution in [0.5, 0.6) is 0 Å². The van der Waals surface area contributed by atoms with Crippen LogP contribution in [0.15, 0.2) is 0 Å². The van der Waals surface area contributed by atoms with E-state index in [9.17, 15) is 93.4 Å². The smallest absolute Gasteiger partial charge is 0.460 e. The molecule has 1 N–H and O–H groups in total. The number of amides is 1. The van der Waals surface area contributed by atoms with E-state index in [0.29, 0.717) is 0 Å². The monoisotopic (exact) mass is 739 g/mol. The molecule has 0 aromatic heterocycles. The van der Waals surface area contributed by atoms with Crippen LogP contribution in [0.2, 0.25) is 0 Å². The predicted octanol–water partition coefficient (Wildman–Crippen LogP) is 5.76. The molecule has 0 aliphatic heterocycles. The van der Waals surface area contributed by atoms with E-state index < -0.39 is 117 Å². The third-order valence-corrected chi connectivity index (χ3v) is 5.63. The van der Waals surface area contributed by atoms with Crippen molar-refractivity contribution < 1.29 is 107 Å². The van der Waals surface area contributed by atoms with Crippen molar-refractivity contribution in [1.29, 1.82) is 0 Å². The van der Waals surface area contributed by atoms with Gasteiger partial charge in [0.15, 0.2) is 6.54 Å². The van der Waals surface area contributed by atoms with Crippen molar-refractivity contribution in [2.24, 2.45) is 0 Å². The fraction of sp³-hybridized carbons (Fsp3) is 0.864. The minimum Gasteiger partial charge on any atom is -0.465 e. The molecule has 0 radical (unpaired) electrons. The van der Waals surface area contributed by atoms with Crippen LogP contribution in [0, 0.1) is 0 Å². The third-order valence-electron chi connectivity index (χ3n) is 5.63. The minimum absolute atomic E-state index is 0.184. The molecule has 7 nitrogen and oxygen atoms in total. The summed E-state index contributed by atoms with van der Waals surface area (Å²) in [5, 5.41) is 1.83. The Morgan fingerprint density at radius 3 is 1.30 bits per heavy atom. The van der Waals surface area contributed by atoms with Crippen molar-refractivity contribution in [3.8, 4) is 0 Å². The largest absolute Gasteiger partial charge is 0.465 e. The Hall–Kier alpha value is -2.89. The molecule has 0 saturated heterocycles. The van der Waals surface area contributed by atoms with E-state index in [0.717, 1.165) is 0 Å². The number of carbonyl (C=O) groups excluding carboxylic acids is 3. The first-order valence-corrected chi connectivity index (χ1v) is 12.3. The molecule has 0 heterocycles. The van der Waals surface area contributed by atoms with E-state index in [4.69, 9.17) is 0 Å². The summed E-state index contributed by atoms with van der Waals surface area (Å²) in [6, 6.07) is -2.18. The summed E-state index contributed by atoms with van der Waals surface area (Å²) in [6.45, 7) is -4.42. The van der Waals surface area contributed by atoms with Crippen LogP contribution >= 0.6 is 0 Å². The standard InChI is InChI=1S/C22H24F18N2O5/c1-42(2,3)10-12(43)41-11(14(45)47-9-7-16(25,26)18(29,30)20(33,34)22(38,39)40)4-5-13(44)46-8-6-15(23,24)17(27,28)19(31,32)21(35,36)37/h11H,4-10H2,1-3H3/p+1. The Morgan fingerprint density at radius 2 is 0.957 bits per heavy atom.